The molecule has 0 rings (SSSR count). The summed E-state index contributed by atoms with van der Waals surface area (Å²) in [5.41, 5.74) is 0. The molecule has 0 bridgehead atoms. The third-order valence-electron chi connectivity index (χ3n) is 0.669. The second-order valence-electron chi connectivity index (χ2n) is 1.99. The van der Waals surface area contributed by atoms with Crippen molar-refractivity contribution < 1.29 is 9.42 Å². The van der Waals surface area contributed by atoms with Gasteiger partial charge in [-0.25, -0.2) is 5.09 Å². The zero-order valence-electron chi connectivity index (χ0n) is 6.79. The van der Waals surface area contributed by atoms with Crippen LogP contribution in [-0.2, 0) is 16.3 Å². The molecule has 0 aromatic carbocycles. The predicted molar refractivity (Wildman–Crippen MR) is 47.5 cm³/mol. The molecule has 0 heterocycles. The van der Waals surface area contributed by atoms with Gasteiger partial charge in [-0.1, -0.05) is 0 Å². The summed E-state index contributed by atoms with van der Waals surface area (Å²) in [6.45, 7) is 1.15. The van der Waals surface area contributed by atoms with Gasteiger partial charge >= 0.3 is 0 Å². The van der Waals surface area contributed by atoms with Gasteiger partial charge < -0.3 is 9.42 Å². The normalized spacial score (nSPS) is 16.1. The molecule has 10 heavy (non-hydrogen) atoms. The monoisotopic (exact) mass is 192 g/mol. The zero-order chi connectivity index (χ0) is 7.49. The molecular formula is C4H12NNaO2PS. The van der Waals surface area contributed by atoms with E-state index in [0.29, 0.717) is 0 Å². The molecule has 3 nitrogen and oxygen atoms in total. The minimum absolute atomic E-state index is 0. The van der Waals surface area contributed by atoms with E-state index >= 15 is 0 Å². The molecule has 57 valence electrons. The van der Waals surface area contributed by atoms with Crippen molar-refractivity contribution in [3.63, 3.8) is 0 Å². The largest absolute Gasteiger partial charge is 0.334 e. The van der Waals surface area contributed by atoms with Crippen LogP contribution in [0.2, 0.25) is 0 Å². The van der Waals surface area contributed by atoms with Crippen LogP contribution < -0.4 is 5.09 Å². The Kier molecular flexibility index (Phi) is 8.57. The minimum atomic E-state index is -2.65. The van der Waals surface area contributed by atoms with Crippen LogP contribution in [0.15, 0.2) is 0 Å². The molecule has 0 spiro atoms. The first-order chi connectivity index (χ1) is 3.98. The number of rotatable bonds is 3. The van der Waals surface area contributed by atoms with Crippen LogP contribution >= 0.6 is 6.64 Å². The van der Waals surface area contributed by atoms with Gasteiger partial charge in [0.15, 0.2) is 0 Å². The van der Waals surface area contributed by atoms with Crippen LogP contribution in [0.3, 0.4) is 0 Å². The van der Waals surface area contributed by atoms with Crippen molar-refractivity contribution in [1.29, 1.82) is 0 Å². The van der Waals surface area contributed by atoms with Crippen molar-refractivity contribution in [2.24, 2.45) is 0 Å². The maximum Gasteiger partial charge on any atom is 0.258 e. The SMILES string of the molecule is COP(O)(=S)NC(C)C.[Na]. The molecule has 2 N–H and O–H groups in total. The molecule has 0 fully saturated rings. The van der Waals surface area contributed by atoms with Crippen LogP contribution in [0.1, 0.15) is 13.8 Å². The van der Waals surface area contributed by atoms with E-state index in [1.807, 2.05) is 13.8 Å². The van der Waals surface area contributed by atoms with Gasteiger partial charge in [-0.05, 0) is 25.7 Å². The minimum Gasteiger partial charge on any atom is -0.334 e. The van der Waals surface area contributed by atoms with Crippen molar-refractivity contribution in [2.45, 2.75) is 19.9 Å². The van der Waals surface area contributed by atoms with Gasteiger partial charge in [-0.2, -0.15) is 0 Å². The molecule has 0 saturated carbocycles. The van der Waals surface area contributed by atoms with Gasteiger partial charge in [0.2, 0.25) is 0 Å². The fourth-order valence-electron chi connectivity index (χ4n) is 0.379. The Morgan fingerprint density at radius 2 is 2.00 bits per heavy atom. The van der Waals surface area contributed by atoms with E-state index in [2.05, 4.69) is 21.4 Å². The van der Waals surface area contributed by atoms with E-state index in [1.165, 1.54) is 7.11 Å². The Morgan fingerprint density at radius 1 is 1.60 bits per heavy atom. The molecule has 0 aliphatic carbocycles. The standard InChI is InChI=1S/C4H12NO2PS.Na/c1-4(2)5-8(6,9)7-3;/h4H,1-3H3,(H2,5,6,9);. The van der Waals surface area contributed by atoms with Gasteiger partial charge in [0.05, 0.1) is 0 Å². The van der Waals surface area contributed by atoms with Gasteiger partial charge in [-0.3, -0.25) is 0 Å². The first-order valence-corrected chi connectivity index (χ1v) is 5.31. The number of hydrogen-bond acceptors (Lipinski definition) is 2. The van der Waals surface area contributed by atoms with Crippen LogP contribution in [0.4, 0.5) is 0 Å². The second-order valence-corrected chi connectivity index (χ2v) is 5.14. The fourth-order valence-corrected chi connectivity index (χ4v) is 1.77. The van der Waals surface area contributed by atoms with Gasteiger partial charge in [-0.15, -0.1) is 0 Å². The van der Waals surface area contributed by atoms with Crippen molar-refractivity contribution in [2.75, 3.05) is 7.11 Å². The van der Waals surface area contributed by atoms with E-state index in [0.717, 1.165) is 0 Å². The summed E-state index contributed by atoms with van der Waals surface area (Å²) < 4.78 is 4.62. The zero-order valence-corrected chi connectivity index (χ0v) is 10.5. The van der Waals surface area contributed by atoms with Gasteiger partial charge in [0.25, 0.3) is 6.64 Å². The fraction of sp³-hybridized carbons (Fsp3) is 1.00. The van der Waals surface area contributed by atoms with Crippen LogP contribution in [-0.4, -0.2) is 47.6 Å². The van der Waals surface area contributed by atoms with Crippen LogP contribution in [0.5, 0.6) is 0 Å². The Labute approximate surface area is 89.1 Å². The number of nitrogens with one attached hydrogen (secondary N) is 1. The maximum absolute atomic E-state index is 9.09. The second kappa shape index (κ2) is 6.09. The molecule has 6 heteroatoms. The van der Waals surface area contributed by atoms with E-state index in [9.17, 15) is 0 Å². The van der Waals surface area contributed by atoms with E-state index < -0.39 is 6.64 Å². The smallest absolute Gasteiger partial charge is 0.258 e. The van der Waals surface area contributed by atoms with Crippen LogP contribution in [0, 0.1) is 0 Å². The van der Waals surface area contributed by atoms with Crippen molar-refractivity contribution in [1.82, 2.24) is 5.09 Å². The van der Waals surface area contributed by atoms with Crippen molar-refractivity contribution in [3.8, 4) is 0 Å². The van der Waals surface area contributed by atoms with Crippen LogP contribution in [0.25, 0.3) is 0 Å². The van der Waals surface area contributed by atoms with Crippen molar-refractivity contribution >= 4 is 48.0 Å². The summed E-state index contributed by atoms with van der Waals surface area (Å²) in [4.78, 5) is 9.09. The average Bonchev–Trinajstić information content (AvgIpc) is 1.63. The Bertz CT molecular complexity index is 132. The third-order valence-corrected chi connectivity index (χ3v) is 2.77. The molecule has 0 aliphatic heterocycles. The van der Waals surface area contributed by atoms with E-state index in [1.54, 1.807) is 0 Å². The van der Waals surface area contributed by atoms with Crippen molar-refractivity contribution in [3.05, 3.63) is 0 Å². The molecular weight excluding hydrogens is 180 g/mol. The molecule has 1 unspecified atom stereocenters. The Morgan fingerprint density at radius 3 is 2.10 bits per heavy atom. The molecule has 0 saturated heterocycles. The summed E-state index contributed by atoms with van der Waals surface area (Å²) in [5.74, 6) is 0. The van der Waals surface area contributed by atoms with E-state index in [-0.39, 0.29) is 35.6 Å². The molecule has 0 aromatic heterocycles. The first-order valence-electron chi connectivity index (χ1n) is 2.64. The number of hydrogen-bond donors (Lipinski definition) is 2. The predicted octanol–water partition coefficient (Wildman–Crippen LogP) is 0.467. The first kappa shape index (κ1) is 14.1. The third kappa shape index (κ3) is 7.63. The molecule has 0 amide bonds. The molecule has 0 aromatic rings. The summed E-state index contributed by atoms with van der Waals surface area (Å²) in [6, 6.07) is 0.167. The van der Waals surface area contributed by atoms with Gasteiger partial charge in [0.1, 0.15) is 0 Å². The molecule has 1 radical (unpaired) electrons. The van der Waals surface area contributed by atoms with Gasteiger partial charge in [0, 0.05) is 42.7 Å². The Balaban J connectivity index is 0. The maximum atomic E-state index is 9.09. The summed E-state index contributed by atoms with van der Waals surface area (Å²) in [5, 5.41) is 2.73. The topological polar surface area (TPSA) is 41.5 Å². The summed E-state index contributed by atoms with van der Waals surface area (Å²) >= 11 is 4.65. The average molecular weight is 192 g/mol. The molecule has 0 aliphatic rings. The quantitative estimate of drug-likeness (QED) is 0.503. The van der Waals surface area contributed by atoms with E-state index in [4.69, 9.17) is 4.89 Å². The summed E-state index contributed by atoms with van der Waals surface area (Å²) in [7, 11) is 1.40. The molecule has 1 atom stereocenters. The Hall–Kier alpha value is 1.53. The summed E-state index contributed by atoms with van der Waals surface area (Å²) in [6.07, 6.45) is 0.